The van der Waals surface area contributed by atoms with E-state index >= 15 is 0 Å². The number of thioether (sulfide) groups is 1. The van der Waals surface area contributed by atoms with E-state index in [1.54, 1.807) is 0 Å². The minimum Gasteiger partial charge on any atom is -0.493 e. The number of ether oxygens (including phenoxy) is 1. The van der Waals surface area contributed by atoms with Crippen LogP contribution in [0.4, 0.5) is 0 Å². The van der Waals surface area contributed by atoms with E-state index in [1.807, 2.05) is 11.8 Å². The summed E-state index contributed by atoms with van der Waals surface area (Å²) >= 11 is 1.83. The Morgan fingerprint density at radius 1 is 1.57 bits per heavy atom. The first kappa shape index (κ1) is 9.87. The highest BCUT2D eigenvalue weighted by molar-refractivity contribution is 7.99. The van der Waals surface area contributed by atoms with Crippen LogP contribution >= 0.6 is 11.8 Å². The van der Waals surface area contributed by atoms with Gasteiger partial charge in [-0.3, -0.25) is 0 Å². The van der Waals surface area contributed by atoms with Gasteiger partial charge in [0.15, 0.2) is 0 Å². The van der Waals surface area contributed by atoms with Gasteiger partial charge >= 0.3 is 0 Å². The fourth-order valence-corrected chi connectivity index (χ4v) is 2.34. The molecule has 0 amide bonds. The van der Waals surface area contributed by atoms with Crippen molar-refractivity contribution >= 4 is 11.8 Å². The van der Waals surface area contributed by atoms with Crippen LogP contribution in [0.1, 0.15) is 24.9 Å². The molecule has 14 heavy (non-hydrogen) atoms. The standard InChI is InChI=1S/C11H15NOS/c1-2-14-8-3-4-9-10(12)5-6-13-11(9)7-8/h3-4,7,10H,2,5-6,12H2,1H3/t10-/m1/s1. The molecular weight excluding hydrogens is 194 g/mol. The van der Waals surface area contributed by atoms with Crippen molar-refractivity contribution in [3.63, 3.8) is 0 Å². The summed E-state index contributed by atoms with van der Waals surface area (Å²) in [6.45, 7) is 2.89. The summed E-state index contributed by atoms with van der Waals surface area (Å²) in [5.74, 6) is 2.06. The van der Waals surface area contributed by atoms with Crippen LogP contribution in [0.15, 0.2) is 23.1 Å². The average Bonchev–Trinajstić information content (AvgIpc) is 2.18. The highest BCUT2D eigenvalue weighted by Crippen LogP contribution is 2.33. The van der Waals surface area contributed by atoms with Crippen molar-refractivity contribution in [3.05, 3.63) is 23.8 Å². The van der Waals surface area contributed by atoms with E-state index in [2.05, 4.69) is 25.1 Å². The zero-order valence-electron chi connectivity index (χ0n) is 8.32. The lowest BCUT2D eigenvalue weighted by Crippen LogP contribution is -2.20. The minimum absolute atomic E-state index is 0.152. The number of nitrogens with two attached hydrogens (primary N) is 1. The van der Waals surface area contributed by atoms with Gasteiger partial charge in [-0.2, -0.15) is 0 Å². The third-order valence-electron chi connectivity index (χ3n) is 2.38. The second-order valence-electron chi connectivity index (χ2n) is 3.38. The average molecular weight is 209 g/mol. The molecule has 1 aromatic carbocycles. The number of rotatable bonds is 2. The van der Waals surface area contributed by atoms with Crippen LogP contribution in [0.3, 0.4) is 0 Å². The Labute approximate surface area is 88.8 Å². The SMILES string of the molecule is CCSc1ccc2c(c1)OCC[C@H]2N. The lowest BCUT2D eigenvalue weighted by atomic mass is 10.0. The van der Waals surface area contributed by atoms with Crippen LogP contribution < -0.4 is 10.5 Å². The highest BCUT2D eigenvalue weighted by Gasteiger charge is 2.17. The Bertz CT molecular complexity index is 327. The predicted molar refractivity (Wildman–Crippen MR) is 59.9 cm³/mol. The van der Waals surface area contributed by atoms with Crippen molar-refractivity contribution in [2.24, 2.45) is 5.73 Å². The highest BCUT2D eigenvalue weighted by atomic mass is 32.2. The van der Waals surface area contributed by atoms with E-state index in [0.717, 1.165) is 30.1 Å². The molecule has 2 N–H and O–H groups in total. The van der Waals surface area contributed by atoms with Gasteiger partial charge in [0, 0.05) is 22.9 Å². The summed E-state index contributed by atoms with van der Waals surface area (Å²) in [7, 11) is 0. The Balaban J connectivity index is 2.29. The van der Waals surface area contributed by atoms with Crippen molar-refractivity contribution in [3.8, 4) is 5.75 Å². The third kappa shape index (κ3) is 1.88. The summed E-state index contributed by atoms with van der Waals surface area (Å²) in [6.07, 6.45) is 0.924. The van der Waals surface area contributed by atoms with Crippen molar-refractivity contribution in [2.45, 2.75) is 24.3 Å². The lowest BCUT2D eigenvalue weighted by Gasteiger charge is -2.23. The molecule has 0 saturated heterocycles. The first-order valence-corrected chi connectivity index (χ1v) is 5.95. The summed E-state index contributed by atoms with van der Waals surface area (Å²) < 4.78 is 5.59. The molecule has 76 valence electrons. The molecular formula is C11H15NOS. The van der Waals surface area contributed by atoms with Gasteiger partial charge in [0.2, 0.25) is 0 Å². The molecule has 0 aromatic heterocycles. The van der Waals surface area contributed by atoms with Crippen LogP contribution in [0, 0.1) is 0 Å². The van der Waals surface area contributed by atoms with E-state index in [-0.39, 0.29) is 6.04 Å². The molecule has 2 rings (SSSR count). The molecule has 0 saturated carbocycles. The molecule has 0 aliphatic carbocycles. The third-order valence-corrected chi connectivity index (χ3v) is 3.26. The zero-order valence-corrected chi connectivity index (χ0v) is 9.14. The molecule has 1 aromatic rings. The smallest absolute Gasteiger partial charge is 0.125 e. The maximum Gasteiger partial charge on any atom is 0.125 e. The molecule has 1 atom stereocenters. The number of fused-ring (bicyclic) bond motifs is 1. The fourth-order valence-electron chi connectivity index (χ4n) is 1.65. The molecule has 1 aliphatic rings. The second-order valence-corrected chi connectivity index (χ2v) is 4.71. The van der Waals surface area contributed by atoms with Gasteiger partial charge in [-0.25, -0.2) is 0 Å². The van der Waals surface area contributed by atoms with Crippen LogP contribution in [0.5, 0.6) is 5.75 Å². The van der Waals surface area contributed by atoms with Crippen molar-refractivity contribution in [1.29, 1.82) is 0 Å². The van der Waals surface area contributed by atoms with Gasteiger partial charge in [-0.05, 0) is 17.9 Å². The van der Waals surface area contributed by atoms with Gasteiger partial charge in [0.05, 0.1) is 6.61 Å². The fraction of sp³-hybridized carbons (Fsp3) is 0.455. The second kappa shape index (κ2) is 4.24. The van der Waals surface area contributed by atoms with Crippen LogP contribution in [0.25, 0.3) is 0 Å². The minimum atomic E-state index is 0.152. The molecule has 0 fully saturated rings. The molecule has 1 heterocycles. The summed E-state index contributed by atoms with van der Waals surface area (Å²) in [5.41, 5.74) is 7.13. The van der Waals surface area contributed by atoms with Crippen molar-refractivity contribution in [2.75, 3.05) is 12.4 Å². The topological polar surface area (TPSA) is 35.2 Å². The van der Waals surface area contributed by atoms with E-state index in [9.17, 15) is 0 Å². The number of hydrogen-bond acceptors (Lipinski definition) is 3. The summed E-state index contributed by atoms with van der Waals surface area (Å²) in [4.78, 5) is 1.26. The molecule has 2 nitrogen and oxygen atoms in total. The Kier molecular flexibility index (Phi) is 2.99. The van der Waals surface area contributed by atoms with E-state index in [4.69, 9.17) is 10.5 Å². The lowest BCUT2D eigenvalue weighted by molar-refractivity contribution is 0.268. The summed E-state index contributed by atoms with van der Waals surface area (Å²) in [5, 5.41) is 0. The Morgan fingerprint density at radius 3 is 3.21 bits per heavy atom. The van der Waals surface area contributed by atoms with Gasteiger partial charge in [0.1, 0.15) is 5.75 Å². The Hall–Kier alpha value is -0.670. The largest absolute Gasteiger partial charge is 0.493 e. The molecule has 0 unspecified atom stereocenters. The van der Waals surface area contributed by atoms with Gasteiger partial charge < -0.3 is 10.5 Å². The molecule has 1 aliphatic heterocycles. The summed E-state index contributed by atoms with van der Waals surface area (Å²) in [6, 6.07) is 6.47. The van der Waals surface area contributed by atoms with Gasteiger partial charge in [0.25, 0.3) is 0 Å². The van der Waals surface area contributed by atoms with E-state index in [0.29, 0.717) is 0 Å². The monoisotopic (exact) mass is 209 g/mol. The Morgan fingerprint density at radius 2 is 2.43 bits per heavy atom. The molecule has 0 spiro atoms. The molecule has 0 radical (unpaired) electrons. The van der Waals surface area contributed by atoms with Crippen molar-refractivity contribution in [1.82, 2.24) is 0 Å². The molecule has 3 heteroatoms. The maximum absolute atomic E-state index is 5.98. The molecule has 0 bridgehead atoms. The number of hydrogen-bond donors (Lipinski definition) is 1. The van der Waals surface area contributed by atoms with Gasteiger partial charge in [-0.15, -0.1) is 11.8 Å². The van der Waals surface area contributed by atoms with E-state index < -0.39 is 0 Å². The number of benzene rings is 1. The van der Waals surface area contributed by atoms with Crippen LogP contribution in [-0.4, -0.2) is 12.4 Å². The van der Waals surface area contributed by atoms with E-state index in [1.165, 1.54) is 4.90 Å². The first-order chi connectivity index (χ1) is 6.81. The maximum atomic E-state index is 5.98. The normalized spacial score (nSPS) is 20.0. The quantitative estimate of drug-likeness (QED) is 0.760. The predicted octanol–water partition coefficient (Wildman–Crippen LogP) is 2.58. The van der Waals surface area contributed by atoms with Crippen molar-refractivity contribution < 1.29 is 4.74 Å². The van der Waals surface area contributed by atoms with Gasteiger partial charge in [-0.1, -0.05) is 13.0 Å². The van der Waals surface area contributed by atoms with Crippen LogP contribution in [0.2, 0.25) is 0 Å². The first-order valence-electron chi connectivity index (χ1n) is 4.96. The zero-order chi connectivity index (χ0) is 9.97. The van der Waals surface area contributed by atoms with Crippen LogP contribution in [-0.2, 0) is 0 Å².